The molecule has 1 atom stereocenters. The van der Waals surface area contributed by atoms with Crippen molar-refractivity contribution in [2.75, 3.05) is 12.4 Å². The van der Waals surface area contributed by atoms with E-state index in [-0.39, 0.29) is 5.91 Å². The molecule has 1 amide bonds. The summed E-state index contributed by atoms with van der Waals surface area (Å²) < 4.78 is 11.1. The summed E-state index contributed by atoms with van der Waals surface area (Å²) in [6.07, 6.45) is -0.689. The summed E-state index contributed by atoms with van der Waals surface area (Å²) >= 11 is 3.35. The van der Waals surface area contributed by atoms with Crippen LogP contribution in [0.2, 0.25) is 0 Å². The van der Waals surface area contributed by atoms with E-state index in [0.29, 0.717) is 17.0 Å². The first-order valence-electron chi connectivity index (χ1n) is 6.91. The van der Waals surface area contributed by atoms with Crippen LogP contribution in [0, 0.1) is 0 Å². The molecule has 6 heteroatoms. The van der Waals surface area contributed by atoms with Crippen molar-refractivity contribution in [3.63, 3.8) is 0 Å². The summed E-state index contributed by atoms with van der Waals surface area (Å²) in [7, 11) is 1.31. The van der Waals surface area contributed by atoms with E-state index >= 15 is 0 Å². The Kier molecular flexibility index (Phi) is 5.76. The maximum absolute atomic E-state index is 12.2. The molecule has 0 aliphatic carbocycles. The van der Waals surface area contributed by atoms with E-state index in [9.17, 15) is 9.59 Å². The van der Waals surface area contributed by atoms with Crippen molar-refractivity contribution < 1.29 is 19.1 Å². The number of carbonyl (C=O) groups excluding carboxylic acids is 2. The molecule has 5 nitrogen and oxygen atoms in total. The summed E-state index contributed by atoms with van der Waals surface area (Å²) in [6.45, 7) is 1.65. The number of anilines is 1. The lowest BCUT2D eigenvalue weighted by atomic mass is 10.2. The Bertz CT molecular complexity index is 717. The van der Waals surface area contributed by atoms with E-state index in [0.717, 1.165) is 4.47 Å². The highest BCUT2D eigenvalue weighted by Gasteiger charge is 2.16. The van der Waals surface area contributed by atoms with Gasteiger partial charge in [0.2, 0.25) is 0 Å². The highest BCUT2D eigenvalue weighted by molar-refractivity contribution is 9.10. The van der Waals surface area contributed by atoms with Gasteiger partial charge in [0.25, 0.3) is 5.91 Å². The summed E-state index contributed by atoms with van der Waals surface area (Å²) in [5.74, 6) is -0.183. The van der Waals surface area contributed by atoms with Crippen LogP contribution in [0.3, 0.4) is 0 Å². The Morgan fingerprint density at radius 1 is 1.13 bits per heavy atom. The molecule has 0 saturated carbocycles. The first kappa shape index (κ1) is 17.0. The predicted octanol–water partition coefficient (Wildman–Crippen LogP) is 3.64. The van der Waals surface area contributed by atoms with Crippen LogP contribution in [-0.2, 0) is 9.53 Å². The Morgan fingerprint density at radius 3 is 2.57 bits per heavy atom. The monoisotopic (exact) mass is 377 g/mol. The molecule has 0 spiro atoms. The summed E-state index contributed by atoms with van der Waals surface area (Å²) in [6, 6.07) is 13.8. The lowest BCUT2D eigenvalue weighted by molar-refractivity contribution is -0.122. The highest BCUT2D eigenvalue weighted by atomic mass is 79.9. The molecule has 0 aliphatic rings. The molecule has 0 aromatic heterocycles. The van der Waals surface area contributed by atoms with Crippen LogP contribution in [0.1, 0.15) is 17.3 Å². The van der Waals surface area contributed by atoms with Gasteiger partial charge in [0.1, 0.15) is 5.75 Å². The molecule has 2 rings (SSSR count). The number of hydrogen-bond donors (Lipinski definition) is 1. The van der Waals surface area contributed by atoms with Gasteiger partial charge in [-0.1, -0.05) is 28.1 Å². The molecule has 0 aliphatic heterocycles. The smallest absolute Gasteiger partial charge is 0.337 e. The van der Waals surface area contributed by atoms with Crippen molar-refractivity contribution in [1.29, 1.82) is 0 Å². The second-order valence-corrected chi connectivity index (χ2v) is 5.69. The summed E-state index contributed by atoms with van der Waals surface area (Å²) in [5, 5.41) is 2.71. The number of hydrogen-bond acceptors (Lipinski definition) is 4. The largest absolute Gasteiger partial charge is 0.481 e. The van der Waals surface area contributed by atoms with E-state index in [1.807, 2.05) is 12.1 Å². The van der Waals surface area contributed by atoms with Gasteiger partial charge in [-0.05, 0) is 43.3 Å². The van der Waals surface area contributed by atoms with Gasteiger partial charge in [0.05, 0.1) is 12.7 Å². The van der Waals surface area contributed by atoms with Gasteiger partial charge in [0, 0.05) is 10.2 Å². The number of ether oxygens (including phenoxy) is 2. The van der Waals surface area contributed by atoms with Crippen LogP contribution in [0.5, 0.6) is 5.75 Å². The molecular weight excluding hydrogens is 362 g/mol. The molecule has 0 saturated heterocycles. The van der Waals surface area contributed by atoms with Gasteiger partial charge in [0.15, 0.2) is 6.10 Å². The third-order valence-electron chi connectivity index (χ3n) is 3.03. The topological polar surface area (TPSA) is 64.6 Å². The van der Waals surface area contributed by atoms with E-state index in [2.05, 4.69) is 26.0 Å². The molecule has 2 aromatic rings. The van der Waals surface area contributed by atoms with Crippen LogP contribution in [0.15, 0.2) is 53.0 Å². The van der Waals surface area contributed by atoms with Gasteiger partial charge in [-0.2, -0.15) is 0 Å². The number of amides is 1. The van der Waals surface area contributed by atoms with Gasteiger partial charge < -0.3 is 14.8 Å². The average Bonchev–Trinajstić information content (AvgIpc) is 2.54. The van der Waals surface area contributed by atoms with Crippen molar-refractivity contribution in [2.24, 2.45) is 0 Å². The minimum Gasteiger partial charge on any atom is -0.481 e. The number of rotatable bonds is 5. The van der Waals surface area contributed by atoms with Crippen molar-refractivity contribution in [2.45, 2.75) is 13.0 Å². The van der Waals surface area contributed by atoms with Crippen LogP contribution >= 0.6 is 15.9 Å². The van der Waals surface area contributed by atoms with Crippen LogP contribution in [-0.4, -0.2) is 25.1 Å². The normalized spacial score (nSPS) is 11.4. The minimum atomic E-state index is -0.689. The second kappa shape index (κ2) is 7.78. The molecule has 0 unspecified atom stereocenters. The van der Waals surface area contributed by atoms with Gasteiger partial charge >= 0.3 is 5.97 Å². The van der Waals surface area contributed by atoms with Crippen molar-refractivity contribution in [3.05, 3.63) is 58.6 Å². The number of halogens is 1. The average molecular weight is 378 g/mol. The third kappa shape index (κ3) is 4.82. The zero-order chi connectivity index (χ0) is 16.8. The fraction of sp³-hybridized carbons (Fsp3) is 0.176. The van der Waals surface area contributed by atoms with Crippen molar-refractivity contribution in [3.8, 4) is 5.75 Å². The fourth-order valence-electron chi connectivity index (χ4n) is 1.88. The third-order valence-corrected chi connectivity index (χ3v) is 3.52. The Labute approximate surface area is 142 Å². The number of carbonyl (C=O) groups is 2. The maximum Gasteiger partial charge on any atom is 0.337 e. The van der Waals surface area contributed by atoms with Gasteiger partial charge in [-0.3, -0.25) is 4.79 Å². The molecule has 0 radical (unpaired) electrons. The Morgan fingerprint density at radius 2 is 1.87 bits per heavy atom. The zero-order valence-corrected chi connectivity index (χ0v) is 14.3. The van der Waals surface area contributed by atoms with Crippen LogP contribution in [0.4, 0.5) is 5.69 Å². The zero-order valence-electron chi connectivity index (χ0n) is 12.7. The standard InChI is InChI=1S/C17H16BrNO4/c1-11(23-15-8-4-6-13(18)10-15)16(20)19-14-7-3-5-12(9-14)17(21)22-2/h3-11H,1-2H3,(H,19,20)/t11-/m1/s1. The van der Waals surface area contributed by atoms with E-state index in [1.54, 1.807) is 43.3 Å². The fourth-order valence-corrected chi connectivity index (χ4v) is 2.26. The minimum absolute atomic E-state index is 0.313. The molecule has 120 valence electrons. The molecule has 0 heterocycles. The summed E-state index contributed by atoms with van der Waals surface area (Å²) in [4.78, 5) is 23.7. The Hall–Kier alpha value is -2.34. The lowest BCUT2D eigenvalue weighted by Gasteiger charge is -2.15. The van der Waals surface area contributed by atoms with Crippen LogP contribution in [0.25, 0.3) is 0 Å². The van der Waals surface area contributed by atoms with E-state index < -0.39 is 12.1 Å². The van der Waals surface area contributed by atoms with Gasteiger partial charge in [-0.25, -0.2) is 4.79 Å². The van der Waals surface area contributed by atoms with E-state index in [4.69, 9.17) is 4.74 Å². The molecule has 0 fully saturated rings. The highest BCUT2D eigenvalue weighted by Crippen LogP contribution is 2.19. The molecular formula is C17H16BrNO4. The Balaban J connectivity index is 2.02. The maximum atomic E-state index is 12.2. The molecule has 0 bridgehead atoms. The molecule has 2 aromatic carbocycles. The number of benzene rings is 2. The van der Waals surface area contributed by atoms with Crippen molar-refractivity contribution in [1.82, 2.24) is 0 Å². The van der Waals surface area contributed by atoms with Crippen molar-refractivity contribution >= 4 is 33.5 Å². The second-order valence-electron chi connectivity index (χ2n) is 4.78. The summed E-state index contributed by atoms with van der Waals surface area (Å²) in [5.41, 5.74) is 0.869. The van der Waals surface area contributed by atoms with E-state index in [1.165, 1.54) is 7.11 Å². The molecule has 23 heavy (non-hydrogen) atoms. The quantitative estimate of drug-likeness (QED) is 0.807. The predicted molar refractivity (Wildman–Crippen MR) is 90.6 cm³/mol. The van der Waals surface area contributed by atoms with Crippen LogP contribution < -0.4 is 10.1 Å². The first-order chi connectivity index (χ1) is 11.0. The van der Waals surface area contributed by atoms with Gasteiger partial charge in [-0.15, -0.1) is 0 Å². The lowest BCUT2D eigenvalue weighted by Crippen LogP contribution is -2.30. The number of methoxy groups -OCH3 is 1. The number of esters is 1. The number of nitrogens with one attached hydrogen (secondary N) is 1. The molecule has 1 N–H and O–H groups in total. The SMILES string of the molecule is COC(=O)c1cccc(NC(=O)[C@@H](C)Oc2cccc(Br)c2)c1. The first-order valence-corrected chi connectivity index (χ1v) is 7.70.